The lowest BCUT2D eigenvalue weighted by atomic mass is 11.5. The van der Waals surface area contributed by atoms with E-state index in [-0.39, 0.29) is 31.6 Å². The first-order chi connectivity index (χ1) is 2.41. The standard InChI is InChI=1S/CH6N2O2.2ClH/c2-4-1-5-3;;/h1-3H2;2*1H. The molecule has 0 unspecified atom stereocenters. The second-order valence-electron chi connectivity index (χ2n) is 0.451. The minimum absolute atomic E-state index is 0. The van der Waals surface area contributed by atoms with Crippen molar-refractivity contribution in [2.45, 2.75) is 0 Å². The first-order valence-electron chi connectivity index (χ1n) is 1.05. The second-order valence-corrected chi connectivity index (χ2v) is 0.451. The van der Waals surface area contributed by atoms with E-state index in [0.29, 0.717) is 0 Å². The molecule has 0 aliphatic heterocycles. The van der Waals surface area contributed by atoms with Gasteiger partial charge in [0.1, 0.15) is 0 Å². The van der Waals surface area contributed by atoms with Gasteiger partial charge in [0.2, 0.25) is 0 Å². The lowest BCUT2D eigenvalue weighted by Crippen LogP contribution is -2.08. The van der Waals surface area contributed by atoms with Crippen molar-refractivity contribution in [2.24, 2.45) is 11.8 Å². The van der Waals surface area contributed by atoms with Gasteiger partial charge in [0.25, 0.3) is 0 Å². The summed E-state index contributed by atoms with van der Waals surface area (Å²) >= 11 is 0. The van der Waals surface area contributed by atoms with E-state index >= 15 is 0 Å². The maximum atomic E-state index is 4.43. The maximum Gasteiger partial charge on any atom is 0.186 e. The van der Waals surface area contributed by atoms with Crippen molar-refractivity contribution >= 4 is 24.8 Å². The minimum Gasteiger partial charge on any atom is -0.274 e. The highest BCUT2D eigenvalue weighted by atomic mass is 35.5. The molecule has 0 saturated carbocycles. The van der Waals surface area contributed by atoms with Crippen LogP contribution in [0.4, 0.5) is 0 Å². The molecule has 0 fully saturated rings. The zero-order chi connectivity index (χ0) is 4.12. The van der Waals surface area contributed by atoms with Gasteiger partial charge in [-0.2, -0.15) is 0 Å². The van der Waals surface area contributed by atoms with Gasteiger partial charge in [0, 0.05) is 0 Å². The smallest absolute Gasteiger partial charge is 0.186 e. The molecule has 0 atom stereocenters. The normalized spacial score (nSPS) is 6.00. The third-order valence-corrected chi connectivity index (χ3v) is 0.136. The van der Waals surface area contributed by atoms with Gasteiger partial charge in [-0.3, -0.25) is 9.68 Å². The van der Waals surface area contributed by atoms with Crippen molar-refractivity contribution in [3.63, 3.8) is 0 Å². The van der Waals surface area contributed by atoms with E-state index in [4.69, 9.17) is 0 Å². The third kappa shape index (κ3) is 21.4. The van der Waals surface area contributed by atoms with Gasteiger partial charge < -0.3 is 0 Å². The quantitative estimate of drug-likeness (QED) is 0.414. The number of halogens is 2. The first-order valence-corrected chi connectivity index (χ1v) is 1.05. The van der Waals surface area contributed by atoms with Crippen LogP contribution in [0, 0.1) is 0 Å². The molecule has 6 heteroatoms. The van der Waals surface area contributed by atoms with Gasteiger partial charge in [0.15, 0.2) is 6.79 Å². The molecule has 4 N–H and O–H groups in total. The maximum absolute atomic E-state index is 4.43. The number of rotatable bonds is 2. The lowest BCUT2D eigenvalue weighted by molar-refractivity contribution is -0.0570. The molecular formula is CH8Cl2N2O2. The SMILES string of the molecule is Cl.Cl.NOCON. The van der Waals surface area contributed by atoms with Crippen LogP contribution in [0.15, 0.2) is 0 Å². The van der Waals surface area contributed by atoms with E-state index in [9.17, 15) is 0 Å². The molecule has 48 valence electrons. The first kappa shape index (κ1) is 15.7. The molecule has 0 aliphatic carbocycles. The van der Waals surface area contributed by atoms with Crippen LogP contribution in [0.5, 0.6) is 0 Å². The summed E-state index contributed by atoms with van der Waals surface area (Å²) in [5, 5.41) is 0. The molecule has 7 heavy (non-hydrogen) atoms. The molecule has 0 aromatic carbocycles. The molecule has 0 rings (SSSR count). The summed E-state index contributed by atoms with van der Waals surface area (Å²) in [4.78, 5) is 7.69. The van der Waals surface area contributed by atoms with Crippen LogP contribution in [0.2, 0.25) is 0 Å². The summed E-state index contributed by atoms with van der Waals surface area (Å²) in [6.45, 7) is -0.0556. The monoisotopic (exact) mass is 150 g/mol. The Morgan fingerprint density at radius 2 is 1.29 bits per heavy atom. The minimum atomic E-state index is -0.0556. The largest absolute Gasteiger partial charge is 0.274 e. The summed E-state index contributed by atoms with van der Waals surface area (Å²) in [5.41, 5.74) is 0. The second kappa shape index (κ2) is 16.1. The predicted molar refractivity (Wildman–Crippen MR) is 29.9 cm³/mol. The Kier molecular flexibility index (Phi) is 36.1. The van der Waals surface area contributed by atoms with Crippen molar-refractivity contribution in [3.8, 4) is 0 Å². The van der Waals surface area contributed by atoms with Crippen LogP contribution in [0.25, 0.3) is 0 Å². The molecule has 0 aromatic heterocycles. The topological polar surface area (TPSA) is 70.5 Å². The Bertz CT molecular complexity index is 21.2. The zero-order valence-corrected chi connectivity index (χ0v) is 5.13. The van der Waals surface area contributed by atoms with Crippen LogP contribution >= 0.6 is 24.8 Å². The van der Waals surface area contributed by atoms with Crippen molar-refractivity contribution in [1.29, 1.82) is 0 Å². The highest BCUT2D eigenvalue weighted by Crippen LogP contribution is 1.50. The third-order valence-electron chi connectivity index (χ3n) is 0.136. The highest BCUT2D eigenvalue weighted by molar-refractivity contribution is 5.85. The number of hydrogen-bond acceptors (Lipinski definition) is 4. The van der Waals surface area contributed by atoms with Crippen LogP contribution in [-0.4, -0.2) is 6.79 Å². The van der Waals surface area contributed by atoms with Crippen LogP contribution in [0.1, 0.15) is 0 Å². The van der Waals surface area contributed by atoms with E-state index in [1.807, 2.05) is 0 Å². The van der Waals surface area contributed by atoms with Gasteiger partial charge in [-0.05, 0) is 0 Å². The molecule has 0 amide bonds. The van der Waals surface area contributed by atoms with E-state index in [1.165, 1.54) is 0 Å². The summed E-state index contributed by atoms with van der Waals surface area (Å²) in [6, 6.07) is 0. The van der Waals surface area contributed by atoms with Crippen LogP contribution < -0.4 is 11.8 Å². The Morgan fingerprint density at radius 3 is 1.29 bits per heavy atom. The molecule has 0 bridgehead atoms. The Balaban J connectivity index is -0.0000000800. The van der Waals surface area contributed by atoms with E-state index in [2.05, 4.69) is 21.5 Å². The lowest BCUT2D eigenvalue weighted by Gasteiger charge is -1.86. The van der Waals surface area contributed by atoms with E-state index in [1.54, 1.807) is 0 Å². The molecule has 0 aliphatic rings. The molecule has 0 saturated heterocycles. The van der Waals surface area contributed by atoms with Gasteiger partial charge in [-0.1, -0.05) is 0 Å². The summed E-state index contributed by atoms with van der Waals surface area (Å²) in [6.07, 6.45) is 0. The van der Waals surface area contributed by atoms with Crippen LogP contribution in [-0.2, 0) is 9.68 Å². The Labute approximate surface area is 53.9 Å². The fourth-order valence-corrected chi connectivity index (χ4v) is 0.0393. The molecule has 0 spiro atoms. The van der Waals surface area contributed by atoms with Gasteiger partial charge in [-0.25, -0.2) is 11.8 Å². The molecule has 4 nitrogen and oxygen atoms in total. The fourth-order valence-electron chi connectivity index (χ4n) is 0.0393. The Hall–Kier alpha value is 0.420. The average molecular weight is 151 g/mol. The fraction of sp³-hybridized carbons (Fsp3) is 1.00. The number of hydrogen-bond donors (Lipinski definition) is 2. The molecule has 0 heterocycles. The highest BCUT2D eigenvalue weighted by Gasteiger charge is 1.64. The van der Waals surface area contributed by atoms with Crippen molar-refractivity contribution in [3.05, 3.63) is 0 Å². The summed E-state index contributed by atoms with van der Waals surface area (Å²) in [5.74, 6) is 8.87. The predicted octanol–water partition coefficient (Wildman–Crippen LogP) is -0.432. The molecule has 0 aromatic rings. The van der Waals surface area contributed by atoms with Crippen molar-refractivity contribution in [1.82, 2.24) is 0 Å². The van der Waals surface area contributed by atoms with E-state index < -0.39 is 0 Å². The van der Waals surface area contributed by atoms with Crippen molar-refractivity contribution < 1.29 is 9.68 Å². The summed E-state index contributed by atoms with van der Waals surface area (Å²) in [7, 11) is 0. The van der Waals surface area contributed by atoms with Gasteiger partial charge >= 0.3 is 0 Å². The molecular weight excluding hydrogens is 143 g/mol. The van der Waals surface area contributed by atoms with Gasteiger partial charge in [-0.15, -0.1) is 24.8 Å². The summed E-state index contributed by atoms with van der Waals surface area (Å²) < 4.78 is 0. The van der Waals surface area contributed by atoms with E-state index in [0.717, 1.165) is 0 Å². The zero-order valence-electron chi connectivity index (χ0n) is 3.49. The van der Waals surface area contributed by atoms with Gasteiger partial charge in [0.05, 0.1) is 0 Å². The molecule has 0 radical (unpaired) electrons. The number of nitrogens with two attached hydrogens (primary N) is 2. The van der Waals surface area contributed by atoms with Crippen molar-refractivity contribution in [2.75, 3.05) is 6.79 Å². The van der Waals surface area contributed by atoms with Crippen LogP contribution in [0.3, 0.4) is 0 Å². The Morgan fingerprint density at radius 1 is 1.00 bits per heavy atom. The average Bonchev–Trinajstić information content (AvgIpc) is 1.41.